The molecule has 6 aromatic rings. The second-order valence-corrected chi connectivity index (χ2v) is 13.2. The van der Waals surface area contributed by atoms with E-state index in [4.69, 9.17) is 14.2 Å². The minimum atomic E-state index is -0.475. The normalized spacial score (nSPS) is 11.0. The van der Waals surface area contributed by atoms with Crippen LogP contribution in [0.25, 0.3) is 43.8 Å². The predicted octanol–water partition coefficient (Wildman–Crippen LogP) is 11.9. The zero-order chi connectivity index (χ0) is 36.8. The lowest BCUT2D eigenvalue weighted by molar-refractivity contribution is -0.137. The lowest BCUT2D eigenvalue weighted by Gasteiger charge is -2.17. The molecule has 53 heavy (non-hydrogen) atoms. The highest BCUT2D eigenvalue weighted by molar-refractivity contribution is 6.10. The van der Waals surface area contributed by atoms with Crippen molar-refractivity contribution in [1.29, 1.82) is 0 Å². The summed E-state index contributed by atoms with van der Waals surface area (Å²) in [5, 5.41) is 14.8. The van der Waals surface area contributed by atoms with Crippen molar-refractivity contribution in [2.45, 2.75) is 57.8 Å². The molecular formula is C47H46O6. The first kappa shape index (κ1) is 36.9. The molecule has 0 aliphatic rings. The quantitative estimate of drug-likeness (QED) is 0.0415. The number of carbonyl (C=O) groups excluding carboxylic acids is 2. The van der Waals surface area contributed by atoms with Crippen LogP contribution in [0.5, 0.6) is 17.2 Å². The third-order valence-corrected chi connectivity index (χ3v) is 9.53. The number of aromatic hydroxyl groups is 1. The number of fused-ring (bicyclic) bond motifs is 2. The van der Waals surface area contributed by atoms with Crippen LogP contribution in [0.4, 0.5) is 0 Å². The predicted molar refractivity (Wildman–Crippen MR) is 214 cm³/mol. The Hall–Kier alpha value is -5.88. The van der Waals surface area contributed by atoms with Crippen LogP contribution < -0.4 is 9.47 Å². The molecule has 0 unspecified atom stereocenters. The Labute approximate surface area is 311 Å². The average molecular weight is 707 g/mol. The smallest absolute Gasteiger partial charge is 0.343 e. The molecule has 0 amide bonds. The summed E-state index contributed by atoms with van der Waals surface area (Å²) in [5.74, 6) is 0.531. The van der Waals surface area contributed by atoms with Gasteiger partial charge >= 0.3 is 11.9 Å². The molecule has 0 aliphatic carbocycles. The summed E-state index contributed by atoms with van der Waals surface area (Å²) in [6.07, 6.45) is 11.5. The van der Waals surface area contributed by atoms with E-state index in [9.17, 15) is 14.7 Å². The Morgan fingerprint density at radius 2 is 1.09 bits per heavy atom. The van der Waals surface area contributed by atoms with E-state index in [0.717, 1.165) is 64.1 Å². The van der Waals surface area contributed by atoms with Gasteiger partial charge in [-0.1, -0.05) is 136 Å². The first-order valence-corrected chi connectivity index (χ1v) is 18.6. The number of unbranched alkanes of at least 4 members (excludes halogenated alkanes) is 8. The van der Waals surface area contributed by atoms with Gasteiger partial charge < -0.3 is 19.3 Å². The molecule has 6 aromatic carbocycles. The summed E-state index contributed by atoms with van der Waals surface area (Å²) in [6, 6.07) is 38.5. The lowest BCUT2D eigenvalue weighted by Crippen LogP contribution is -2.09. The summed E-state index contributed by atoms with van der Waals surface area (Å²) in [7, 11) is 0. The molecule has 0 aromatic heterocycles. The van der Waals surface area contributed by atoms with Crippen molar-refractivity contribution >= 4 is 33.5 Å². The Morgan fingerprint density at radius 3 is 1.72 bits per heavy atom. The number of carbonyl (C=O) groups is 2. The van der Waals surface area contributed by atoms with E-state index in [0.29, 0.717) is 35.7 Å². The summed E-state index contributed by atoms with van der Waals surface area (Å²) >= 11 is 0. The van der Waals surface area contributed by atoms with Gasteiger partial charge in [-0.3, -0.25) is 0 Å². The van der Waals surface area contributed by atoms with Crippen LogP contribution in [0.15, 0.2) is 134 Å². The van der Waals surface area contributed by atoms with Crippen LogP contribution in [-0.4, -0.2) is 30.3 Å². The summed E-state index contributed by atoms with van der Waals surface area (Å²) in [5.41, 5.74) is 3.75. The van der Waals surface area contributed by atoms with Crippen molar-refractivity contribution < 1.29 is 28.9 Å². The SMILES string of the molecule is C=CC(=O)OCCCCCCCCCCCOc1ccc(-c2ccc(C(=O)Oc3ccc4ccccc4c3-c3c(O)ccc4ccccc34)cc2)cc1. The summed E-state index contributed by atoms with van der Waals surface area (Å²) in [4.78, 5) is 24.6. The molecule has 1 N–H and O–H groups in total. The molecule has 0 saturated heterocycles. The largest absolute Gasteiger partial charge is 0.507 e. The third kappa shape index (κ3) is 9.72. The number of hydrogen-bond donors (Lipinski definition) is 1. The van der Waals surface area contributed by atoms with Crippen LogP contribution in [0, 0.1) is 0 Å². The molecule has 0 bridgehead atoms. The Bertz CT molecular complexity index is 2150. The molecule has 0 fully saturated rings. The molecule has 0 atom stereocenters. The molecule has 0 saturated carbocycles. The van der Waals surface area contributed by atoms with Gasteiger partial charge in [0.25, 0.3) is 0 Å². The number of benzene rings is 6. The molecular weight excluding hydrogens is 661 g/mol. The van der Waals surface area contributed by atoms with Crippen LogP contribution in [0.2, 0.25) is 0 Å². The molecule has 0 aliphatic heterocycles. The van der Waals surface area contributed by atoms with Crippen LogP contribution in [0.3, 0.4) is 0 Å². The number of hydrogen-bond acceptors (Lipinski definition) is 6. The fraction of sp³-hybridized carbons (Fsp3) is 0.234. The number of rotatable bonds is 18. The van der Waals surface area contributed by atoms with Crippen molar-refractivity contribution in [1.82, 2.24) is 0 Å². The molecule has 6 nitrogen and oxygen atoms in total. The molecule has 0 spiro atoms. The Kier molecular flexibility index (Phi) is 12.9. The van der Waals surface area contributed by atoms with Crippen molar-refractivity contribution in [2.75, 3.05) is 13.2 Å². The number of esters is 2. The number of ether oxygens (including phenoxy) is 3. The highest BCUT2D eigenvalue weighted by Crippen LogP contribution is 2.45. The molecule has 6 rings (SSSR count). The van der Waals surface area contributed by atoms with E-state index in [1.807, 2.05) is 97.1 Å². The average Bonchev–Trinajstić information content (AvgIpc) is 3.20. The molecule has 6 heteroatoms. The minimum Gasteiger partial charge on any atom is -0.507 e. The van der Waals surface area contributed by atoms with E-state index in [1.54, 1.807) is 24.3 Å². The van der Waals surface area contributed by atoms with Gasteiger partial charge in [0.1, 0.15) is 17.2 Å². The van der Waals surface area contributed by atoms with Gasteiger partial charge in [-0.25, -0.2) is 9.59 Å². The standard InChI is InChI=1S/C47H46O6/c1-2-44(49)52-33-15-9-7-5-3-4-6-8-14-32-51-39-28-24-35(25-29-39)34-20-22-38(23-21-34)47(50)53-43-31-27-37-17-11-13-19-41(37)46(43)45-40-18-12-10-16-36(40)26-30-42(45)48/h2,10-13,16-31,48H,1,3-9,14-15,32-33H2. The van der Waals surface area contributed by atoms with Crippen molar-refractivity contribution in [3.05, 3.63) is 140 Å². The first-order chi connectivity index (χ1) is 26.0. The Morgan fingerprint density at radius 1 is 0.566 bits per heavy atom. The van der Waals surface area contributed by atoms with Crippen LogP contribution in [0.1, 0.15) is 68.1 Å². The zero-order valence-corrected chi connectivity index (χ0v) is 30.1. The van der Waals surface area contributed by atoms with Crippen molar-refractivity contribution in [2.24, 2.45) is 0 Å². The maximum atomic E-state index is 13.5. The Balaban J connectivity index is 0.996. The highest BCUT2D eigenvalue weighted by atomic mass is 16.5. The van der Waals surface area contributed by atoms with Crippen LogP contribution in [-0.2, 0) is 9.53 Å². The summed E-state index contributed by atoms with van der Waals surface area (Å²) in [6.45, 7) is 4.58. The van der Waals surface area contributed by atoms with Gasteiger partial charge in [0, 0.05) is 17.2 Å². The van der Waals surface area contributed by atoms with Crippen LogP contribution >= 0.6 is 0 Å². The second-order valence-electron chi connectivity index (χ2n) is 13.2. The lowest BCUT2D eigenvalue weighted by atomic mass is 9.92. The van der Waals surface area contributed by atoms with E-state index < -0.39 is 5.97 Å². The van der Waals surface area contributed by atoms with Gasteiger partial charge in [-0.05, 0) is 81.9 Å². The van der Waals surface area contributed by atoms with Gasteiger partial charge in [0.2, 0.25) is 0 Å². The van der Waals surface area contributed by atoms with Gasteiger partial charge in [0.05, 0.1) is 18.8 Å². The van der Waals surface area contributed by atoms with E-state index >= 15 is 0 Å². The van der Waals surface area contributed by atoms with E-state index in [1.165, 1.54) is 38.2 Å². The first-order valence-electron chi connectivity index (χ1n) is 18.6. The minimum absolute atomic E-state index is 0.121. The van der Waals surface area contributed by atoms with Gasteiger partial charge in [-0.15, -0.1) is 0 Å². The number of phenols is 1. The maximum absolute atomic E-state index is 13.5. The topological polar surface area (TPSA) is 82.1 Å². The van der Waals surface area contributed by atoms with E-state index in [2.05, 4.69) is 6.58 Å². The summed E-state index contributed by atoms with van der Waals surface area (Å²) < 4.78 is 17.1. The fourth-order valence-electron chi connectivity index (χ4n) is 6.68. The number of phenolic OH excluding ortho intramolecular Hbond substituents is 1. The highest BCUT2D eigenvalue weighted by Gasteiger charge is 2.20. The van der Waals surface area contributed by atoms with Crippen molar-refractivity contribution in [3.63, 3.8) is 0 Å². The monoisotopic (exact) mass is 706 g/mol. The van der Waals surface area contributed by atoms with Crippen molar-refractivity contribution in [3.8, 4) is 39.5 Å². The molecule has 0 heterocycles. The molecule has 0 radical (unpaired) electrons. The zero-order valence-electron chi connectivity index (χ0n) is 30.1. The van der Waals surface area contributed by atoms with E-state index in [-0.39, 0.29) is 11.7 Å². The fourth-order valence-corrected chi connectivity index (χ4v) is 6.68. The second kappa shape index (κ2) is 18.6. The van der Waals surface area contributed by atoms with Gasteiger partial charge in [-0.2, -0.15) is 0 Å². The van der Waals surface area contributed by atoms with Gasteiger partial charge in [0.15, 0.2) is 0 Å². The third-order valence-electron chi connectivity index (χ3n) is 9.53. The maximum Gasteiger partial charge on any atom is 0.343 e. The molecule has 270 valence electrons.